The molecule has 0 spiro atoms. The van der Waals surface area contributed by atoms with E-state index in [0.717, 1.165) is 50.6 Å². The molecule has 0 saturated carbocycles. The Hall–Kier alpha value is -2.45. The number of ether oxygens (including phenoxy) is 1. The highest BCUT2D eigenvalue weighted by Gasteiger charge is 2.21. The van der Waals surface area contributed by atoms with Crippen LogP contribution in [0.2, 0.25) is 0 Å². The molecule has 0 aliphatic carbocycles. The van der Waals surface area contributed by atoms with Gasteiger partial charge in [-0.1, -0.05) is 13.8 Å². The van der Waals surface area contributed by atoms with Crippen molar-refractivity contribution in [1.29, 1.82) is 0 Å². The van der Waals surface area contributed by atoms with Crippen molar-refractivity contribution >= 4 is 5.69 Å². The molecule has 32 heavy (non-hydrogen) atoms. The fraction of sp³-hybridized carbons (Fsp3) is 0.583. The van der Waals surface area contributed by atoms with Crippen LogP contribution in [0.4, 0.5) is 10.1 Å². The number of nitrogens with zero attached hydrogens (tertiary/aromatic N) is 3. The molecule has 0 amide bonds. The third-order valence-corrected chi connectivity index (χ3v) is 5.68. The van der Waals surface area contributed by atoms with Gasteiger partial charge in [-0.15, -0.1) is 0 Å². The number of benzene rings is 1. The van der Waals surface area contributed by atoms with Crippen molar-refractivity contribution < 1.29 is 19.3 Å². The molecule has 3 N–H and O–H groups in total. The zero-order valence-corrected chi connectivity index (χ0v) is 19.6. The zero-order valence-electron chi connectivity index (χ0n) is 19.6. The van der Waals surface area contributed by atoms with E-state index in [1.807, 2.05) is 27.7 Å². The van der Waals surface area contributed by atoms with Gasteiger partial charge in [-0.2, -0.15) is 0 Å². The van der Waals surface area contributed by atoms with E-state index in [1.165, 1.54) is 6.07 Å². The van der Waals surface area contributed by atoms with E-state index in [1.54, 1.807) is 22.8 Å². The van der Waals surface area contributed by atoms with Crippen LogP contribution in [0.5, 0.6) is 17.5 Å². The average Bonchev–Trinajstić information content (AvgIpc) is 3.01. The van der Waals surface area contributed by atoms with Gasteiger partial charge < -0.3 is 25.2 Å². The van der Waals surface area contributed by atoms with Gasteiger partial charge in [0.2, 0.25) is 0 Å². The molecule has 2 heterocycles. The van der Waals surface area contributed by atoms with Crippen LogP contribution in [0, 0.1) is 5.82 Å². The molecule has 8 heteroatoms. The van der Waals surface area contributed by atoms with Crippen molar-refractivity contribution in [1.82, 2.24) is 14.8 Å². The van der Waals surface area contributed by atoms with Gasteiger partial charge in [-0.05, 0) is 38.9 Å². The number of anilines is 1. The number of hydrogen-bond donors (Lipinski definition) is 3. The Morgan fingerprint density at radius 2 is 1.75 bits per heavy atom. The van der Waals surface area contributed by atoms with Crippen molar-refractivity contribution in [3.05, 3.63) is 35.6 Å². The van der Waals surface area contributed by atoms with E-state index in [-0.39, 0.29) is 23.7 Å². The molecular formula is C24H37FN4O3. The Morgan fingerprint density at radius 3 is 2.41 bits per heavy atom. The second kappa shape index (κ2) is 10.9. The first-order chi connectivity index (χ1) is 15.2. The first-order valence-corrected chi connectivity index (χ1v) is 11.5. The predicted octanol–water partition coefficient (Wildman–Crippen LogP) is 3.54. The first-order valence-electron chi connectivity index (χ1n) is 11.5. The summed E-state index contributed by atoms with van der Waals surface area (Å²) in [4.78, 5) is 4.53. The lowest BCUT2D eigenvalue weighted by Gasteiger charge is -2.37. The van der Waals surface area contributed by atoms with Crippen LogP contribution in [0.3, 0.4) is 0 Å². The second-order valence-electron chi connectivity index (χ2n) is 9.00. The summed E-state index contributed by atoms with van der Waals surface area (Å²) in [5.41, 5.74) is 1.52. The van der Waals surface area contributed by atoms with Crippen molar-refractivity contribution in [2.45, 2.75) is 59.4 Å². The Balaban J connectivity index is 1.50. The molecule has 1 aliphatic heterocycles. The fourth-order valence-corrected chi connectivity index (χ4v) is 4.00. The molecule has 1 aromatic heterocycles. The Bertz CT molecular complexity index is 876. The van der Waals surface area contributed by atoms with E-state index < -0.39 is 0 Å². The molecule has 1 aliphatic rings. The lowest BCUT2D eigenvalue weighted by atomic mass is 10.2. The third-order valence-electron chi connectivity index (χ3n) is 5.68. The van der Waals surface area contributed by atoms with Crippen LogP contribution in [0.1, 0.15) is 39.7 Å². The molecule has 178 valence electrons. The van der Waals surface area contributed by atoms with Gasteiger partial charge in [0, 0.05) is 63.0 Å². The van der Waals surface area contributed by atoms with Crippen LogP contribution in [-0.2, 0) is 13.1 Å². The number of piperazine rings is 1. The van der Waals surface area contributed by atoms with Crippen LogP contribution >= 0.6 is 0 Å². The van der Waals surface area contributed by atoms with Crippen LogP contribution in [-0.4, -0.2) is 64.5 Å². The summed E-state index contributed by atoms with van der Waals surface area (Å²) in [5, 5.41) is 23.9. The van der Waals surface area contributed by atoms with E-state index in [0.29, 0.717) is 24.7 Å². The summed E-state index contributed by atoms with van der Waals surface area (Å²) in [7, 11) is 0. The van der Waals surface area contributed by atoms with Crippen molar-refractivity contribution in [3.8, 4) is 17.5 Å². The maximum atomic E-state index is 13.9. The van der Waals surface area contributed by atoms with Gasteiger partial charge in [0.15, 0.2) is 11.8 Å². The highest BCUT2D eigenvalue weighted by atomic mass is 19.1. The molecule has 0 radical (unpaired) electrons. The SMILES string of the molecule is CC(C)NCc1cc(O)n(CCCN2CCN(c3cc(F)ccc3OC(C)C)CC2)c1O. The predicted molar refractivity (Wildman–Crippen MR) is 125 cm³/mol. The smallest absolute Gasteiger partial charge is 0.198 e. The summed E-state index contributed by atoms with van der Waals surface area (Å²) < 4.78 is 21.3. The molecule has 7 nitrogen and oxygen atoms in total. The number of aromatic nitrogens is 1. The monoisotopic (exact) mass is 448 g/mol. The topological polar surface area (TPSA) is 73.1 Å². The molecule has 0 atom stereocenters. The highest BCUT2D eigenvalue weighted by Crippen LogP contribution is 2.31. The highest BCUT2D eigenvalue weighted by molar-refractivity contribution is 5.59. The molecule has 2 aromatic rings. The van der Waals surface area contributed by atoms with E-state index in [4.69, 9.17) is 4.74 Å². The standard InChI is InChI=1S/C24H37FN4O3/c1-17(2)26-16-19-14-23(30)29(24(19)31)9-5-8-27-10-12-28(13-11-27)21-15-20(25)6-7-22(21)32-18(3)4/h6-7,14-15,17-18,26,30-31H,5,8-13,16H2,1-4H3. The molecule has 3 rings (SSSR count). The number of nitrogens with one attached hydrogen (secondary N) is 1. The van der Waals surface area contributed by atoms with Crippen LogP contribution in [0.25, 0.3) is 0 Å². The van der Waals surface area contributed by atoms with Gasteiger partial charge in [-0.25, -0.2) is 4.39 Å². The molecular weight excluding hydrogens is 411 g/mol. The van der Waals surface area contributed by atoms with E-state index in [9.17, 15) is 14.6 Å². The lowest BCUT2D eigenvalue weighted by Crippen LogP contribution is -2.47. The number of aromatic hydroxyl groups is 2. The van der Waals surface area contributed by atoms with E-state index in [2.05, 4.69) is 15.1 Å². The van der Waals surface area contributed by atoms with Crippen molar-refractivity contribution in [2.24, 2.45) is 0 Å². The Labute approximate surface area is 190 Å². The van der Waals surface area contributed by atoms with Crippen LogP contribution in [0.15, 0.2) is 24.3 Å². The summed E-state index contributed by atoms with van der Waals surface area (Å²) in [6.45, 7) is 13.3. The molecule has 1 aromatic carbocycles. The minimum absolute atomic E-state index is 0.0312. The Kier molecular flexibility index (Phi) is 8.26. The zero-order chi connectivity index (χ0) is 23.3. The van der Waals surface area contributed by atoms with Gasteiger partial charge in [0.05, 0.1) is 11.8 Å². The summed E-state index contributed by atoms with van der Waals surface area (Å²) in [5.74, 6) is 0.685. The normalized spacial score (nSPS) is 15.2. The van der Waals surface area contributed by atoms with Crippen molar-refractivity contribution in [3.63, 3.8) is 0 Å². The van der Waals surface area contributed by atoms with Crippen LogP contribution < -0.4 is 15.0 Å². The minimum atomic E-state index is -0.257. The van der Waals surface area contributed by atoms with Gasteiger partial charge in [-0.3, -0.25) is 9.47 Å². The number of rotatable bonds is 10. The maximum Gasteiger partial charge on any atom is 0.198 e. The van der Waals surface area contributed by atoms with Gasteiger partial charge >= 0.3 is 0 Å². The molecule has 0 bridgehead atoms. The summed E-state index contributed by atoms with van der Waals surface area (Å²) >= 11 is 0. The summed E-state index contributed by atoms with van der Waals surface area (Å²) in [6.07, 6.45) is 0.845. The lowest BCUT2D eigenvalue weighted by molar-refractivity contribution is 0.234. The van der Waals surface area contributed by atoms with Gasteiger partial charge in [0.1, 0.15) is 11.6 Å². The number of halogens is 1. The fourth-order valence-electron chi connectivity index (χ4n) is 4.00. The summed E-state index contributed by atoms with van der Waals surface area (Å²) in [6, 6.07) is 6.63. The minimum Gasteiger partial charge on any atom is -0.494 e. The van der Waals surface area contributed by atoms with E-state index >= 15 is 0 Å². The number of hydrogen-bond acceptors (Lipinski definition) is 6. The molecule has 1 fully saturated rings. The van der Waals surface area contributed by atoms with Gasteiger partial charge in [0.25, 0.3) is 0 Å². The molecule has 0 unspecified atom stereocenters. The average molecular weight is 449 g/mol. The quantitative estimate of drug-likeness (QED) is 0.516. The molecule has 1 saturated heterocycles. The second-order valence-corrected chi connectivity index (χ2v) is 9.00. The largest absolute Gasteiger partial charge is 0.494 e. The third kappa shape index (κ3) is 6.29. The van der Waals surface area contributed by atoms with Crippen molar-refractivity contribution in [2.75, 3.05) is 37.6 Å². The first kappa shape index (κ1) is 24.2. The maximum absolute atomic E-state index is 13.9. The Morgan fingerprint density at radius 1 is 1.03 bits per heavy atom.